The molecule has 0 aliphatic heterocycles. The van der Waals surface area contributed by atoms with Crippen LogP contribution in [0.1, 0.15) is 49.2 Å². The van der Waals surface area contributed by atoms with Gasteiger partial charge in [-0.3, -0.25) is 14.2 Å². The van der Waals surface area contributed by atoms with Crippen molar-refractivity contribution in [3.05, 3.63) is 106 Å². The topological polar surface area (TPSA) is 125 Å². The summed E-state index contributed by atoms with van der Waals surface area (Å²) >= 11 is 6.62. The number of aliphatic hydroxyl groups excluding tert-OH is 1. The molecule has 0 aromatic heterocycles. The van der Waals surface area contributed by atoms with Crippen molar-refractivity contribution >= 4 is 99.7 Å². The molecule has 0 aliphatic carbocycles. The number of aliphatic hydroxyl groups is 1. The van der Waals surface area contributed by atoms with Gasteiger partial charge in [0, 0.05) is 22.4 Å². The predicted octanol–water partition coefficient (Wildman–Crippen LogP) is 8.57. The summed E-state index contributed by atoms with van der Waals surface area (Å²) in [6.45, 7) is 8.16. The molecule has 0 unspecified atom stereocenters. The van der Waals surface area contributed by atoms with E-state index in [-0.39, 0.29) is 38.6 Å². The maximum absolute atomic E-state index is 11.8. The van der Waals surface area contributed by atoms with Crippen LogP contribution in [-0.2, 0) is 39.3 Å². The fourth-order valence-corrected chi connectivity index (χ4v) is 6.26. The van der Waals surface area contributed by atoms with Crippen LogP contribution in [0.15, 0.2) is 78.9 Å². The lowest BCUT2D eigenvalue weighted by Gasteiger charge is -2.15. The Balaban J connectivity index is 0.000000599. The van der Waals surface area contributed by atoms with E-state index in [0.717, 1.165) is 30.1 Å². The van der Waals surface area contributed by atoms with Gasteiger partial charge in [0.2, 0.25) is 0 Å². The monoisotopic (exact) mass is 992 g/mol. The minimum absolute atomic E-state index is 0.136. The second-order valence-electron chi connectivity index (χ2n) is 8.51. The normalized spacial score (nSPS) is 10.3. The Kier molecular flexibility index (Phi) is 26.3. The molecule has 0 saturated carbocycles. The second kappa shape index (κ2) is 27.3. The Bertz CT molecular complexity index is 1390. The fourth-order valence-electron chi connectivity index (χ4n) is 3.07. The maximum atomic E-state index is 11.8. The van der Waals surface area contributed by atoms with Gasteiger partial charge in [0.25, 0.3) is 0 Å². The van der Waals surface area contributed by atoms with Crippen LogP contribution in [0.25, 0.3) is 6.08 Å². The molecule has 9 nitrogen and oxygen atoms in total. The van der Waals surface area contributed by atoms with E-state index in [1.54, 1.807) is 39.8 Å². The lowest BCUT2D eigenvalue weighted by Crippen LogP contribution is -2.12. The average Bonchev–Trinajstić information content (AvgIpc) is 3.01. The molecule has 0 spiro atoms. The van der Waals surface area contributed by atoms with Gasteiger partial charge in [-0.15, -0.1) is 0 Å². The lowest BCUT2D eigenvalue weighted by atomic mass is 10.2. The van der Waals surface area contributed by atoms with E-state index in [4.69, 9.17) is 18.9 Å². The third kappa shape index (κ3) is 22.8. The molecule has 0 heterocycles. The number of hydrogen-bond donors (Lipinski definition) is 1. The van der Waals surface area contributed by atoms with E-state index in [1.807, 2.05) is 66.7 Å². The number of esters is 2. The number of hydrogen-bond acceptors (Lipinski definition) is 9. The molecule has 0 bridgehead atoms. The molecule has 0 amide bonds. The Morgan fingerprint density at radius 2 is 1.24 bits per heavy atom. The zero-order valence-electron chi connectivity index (χ0n) is 26.2. The van der Waals surface area contributed by atoms with Crippen molar-refractivity contribution in [1.82, 2.24) is 0 Å². The van der Waals surface area contributed by atoms with Gasteiger partial charge in [0.15, 0.2) is 0 Å². The predicted molar refractivity (Wildman–Crippen MR) is 207 cm³/mol. The van der Waals surface area contributed by atoms with Crippen LogP contribution in [0.3, 0.4) is 0 Å². The number of benzene rings is 3. The van der Waals surface area contributed by atoms with E-state index in [2.05, 4.69) is 72.5 Å². The third-order valence-corrected chi connectivity index (χ3v) is 8.84. The van der Waals surface area contributed by atoms with Gasteiger partial charge in [0.05, 0.1) is 33.0 Å². The minimum Gasteiger partial charge on any atom is -0.466 e. The Labute approximate surface area is 312 Å². The van der Waals surface area contributed by atoms with Gasteiger partial charge in [-0.2, -0.15) is 0 Å². The Morgan fingerprint density at radius 3 is 1.65 bits per heavy atom. The molecule has 46 heavy (non-hydrogen) atoms. The lowest BCUT2D eigenvalue weighted by molar-refractivity contribution is -0.140. The van der Waals surface area contributed by atoms with Crippen LogP contribution >= 0.6 is 75.4 Å². The van der Waals surface area contributed by atoms with Gasteiger partial charge in [0.1, 0.15) is 12.4 Å². The molecular formula is C33H40I3O9P. The average molecular weight is 992 g/mol. The zero-order valence-corrected chi connectivity index (χ0v) is 33.6. The number of halogens is 3. The molecule has 0 radical (unpaired) electrons. The van der Waals surface area contributed by atoms with E-state index in [0.29, 0.717) is 6.61 Å². The first kappa shape index (κ1) is 44.3. The van der Waals surface area contributed by atoms with Crippen LogP contribution in [0.5, 0.6) is 0 Å². The minimum atomic E-state index is -3.28. The van der Waals surface area contributed by atoms with Gasteiger partial charge in [-0.25, -0.2) is 4.79 Å². The number of carbonyl (C=O) groups excluding carboxylic acids is 3. The highest BCUT2D eigenvalue weighted by Crippen LogP contribution is 2.47. The smallest absolute Gasteiger partial charge is 0.341 e. The summed E-state index contributed by atoms with van der Waals surface area (Å²) in [5.74, 6) is -0.857. The standard InChI is InChI=1S/C11H11IO2.C8H17O5P.C7H7IO.C7H5IO/c1-2-14-11(13)7-6-9-4-3-5-10(12)8-9;1-4-11-8(9)7-14(10,12-5-2)13-6-3;2*8-7-3-1-2-6(4-7)5-9/h3-8H,2H2,1H3;4-7H2,1-3H3;1-4,9H,5H2;1-5H. The summed E-state index contributed by atoms with van der Waals surface area (Å²) in [5, 5.41) is 8.66. The van der Waals surface area contributed by atoms with Crippen molar-refractivity contribution in [2.45, 2.75) is 34.3 Å². The SMILES string of the molecule is CCOC(=O)C=Cc1cccc(I)c1.CCOC(=O)CP(=O)(OCC)OCC.O=Cc1cccc(I)c1.OCc1cccc(I)c1. The number of rotatable bonds is 12. The van der Waals surface area contributed by atoms with Crippen LogP contribution in [-0.4, -0.2) is 55.9 Å². The largest absolute Gasteiger partial charge is 0.466 e. The first-order valence-corrected chi connectivity index (χ1v) is 19.1. The van der Waals surface area contributed by atoms with Gasteiger partial charge in [-0.1, -0.05) is 36.4 Å². The zero-order chi connectivity index (χ0) is 34.8. The first-order chi connectivity index (χ1) is 21.9. The second-order valence-corrected chi connectivity index (χ2v) is 14.3. The van der Waals surface area contributed by atoms with Gasteiger partial charge in [-0.05, 0) is 149 Å². The van der Waals surface area contributed by atoms with Crippen molar-refractivity contribution < 1.29 is 42.6 Å². The molecular weight excluding hydrogens is 952 g/mol. The molecule has 0 aliphatic rings. The summed E-state index contributed by atoms with van der Waals surface area (Å²) in [6, 6.07) is 23.1. The quantitative estimate of drug-likeness (QED) is 0.0625. The number of ether oxygens (including phenoxy) is 2. The van der Waals surface area contributed by atoms with Gasteiger partial charge < -0.3 is 23.6 Å². The summed E-state index contributed by atoms with van der Waals surface area (Å²) in [4.78, 5) is 32.2. The summed E-state index contributed by atoms with van der Waals surface area (Å²) in [7, 11) is -3.28. The van der Waals surface area contributed by atoms with Crippen LogP contribution in [0, 0.1) is 10.7 Å². The molecule has 3 aromatic rings. The third-order valence-electron chi connectivity index (χ3n) is 4.88. The molecule has 13 heteroatoms. The summed E-state index contributed by atoms with van der Waals surface area (Å²) < 4.78 is 34.4. The highest BCUT2D eigenvalue weighted by Gasteiger charge is 2.28. The summed E-state index contributed by atoms with van der Waals surface area (Å²) in [5.41, 5.74) is 2.72. The van der Waals surface area contributed by atoms with Crippen LogP contribution in [0.4, 0.5) is 0 Å². The maximum Gasteiger partial charge on any atom is 0.341 e. The van der Waals surface area contributed by atoms with Crippen LogP contribution in [0.2, 0.25) is 0 Å². The van der Waals surface area contributed by atoms with E-state index >= 15 is 0 Å². The van der Waals surface area contributed by atoms with E-state index < -0.39 is 13.6 Å². The van der Waals surface area contributed by atoms with E-state index in [9.17, 15) is 18.9 Å². The molecule has 1 N–H and O–H groups in total. The number of aldehydes is 1. The molecule has 252 valence electrons. The van der Waals surface area contributed by atoms with E-state index in [1.165, 1.54) is 9.65 Å². The Hall–Kier alpha value is -1.69. The van der Waals surface area contributed by atoms with Gasteiger partial charge >= 0.3 is 19.5 Å². The van der Waals surface area contributed by atoms with Crippen molar-refractivity contribution in [1.29, 1.82) is 0 Å². The first-order valence-electron chi connectivity index (χ1n) is 14.2. The van der Waals surface area contributed by atoms with Crippen molar-refractivity contribution in [2.24, 2.45) is 0 Å². The molecule has 0 fully saturated rings. The highest BCUT2D eigenvalue weighted by molar-refractivity contribution is 14.1. The molecule has 3 aromatic carbocycles. The Morgan fingerprint density at radius 1 is 0.739 bits per heavy atom. The molecule has 0 saturated heterocycles. The highest BCUT2D eigenvalue weighted by atomic mass is 127. The molecule has 0 atom stereocenters. The molecule has 3 rings (SSSR count). The van der Waals surface area contributed by atoms with Crippen molar-refractivity contribution in [3.8, 4) is 0 Å². The number of carbonyl (C=O) groups is 3. The summed E-state index contributed by atoms with van der Waals surface area (Å²) in [6.07, 6.45) is 3.72. The van der Waals surface area contributed by atoms with Crippen molar-refractivity contribution in [3.63, 3.8) is 0 Å². The van der Waals surface area contributed by atoms with Crippen molar-refractivity contribution in [2.75, 3.05) is 32.6 Å². The van der Waals surface area contributed by atoms with Crippen LogP contribution < -0.4 is 0 Å². The fraction of sp³-hybridized carbons (Fsp3) is 0.303.